The lowest BCUT2D eigenvalue weighted by Gasteiger charge is -2.19. The van der Waals surface area contributed by atoms with E-state index in [2.05, 4.69) is 10.3 Å². The first-order valence-electron chi connectivity index (χ1n) is 10.3. The molecule has 0 radical (unpaired) electrons. The molecule has 2 aromatic heterocycles. The minimum atomic E-state index is -1.24. The molecule has 9 nitrogen and oxygen atoms in total. The Morgan fingerprint density at radius 2 is 1.97 bits per heavy atom. The number of carbonyl (C=O) groups excluding carboxylic acids is 1. The minimum absolute atomic E-state index is 0.0155. The lowest BCUT2D eigenvalue weighted by atomic mass is 10.0. The highest BCUT2D eigenvalue weighted by atomic mass is 35.5. The number of benzene rings is 2. The van der Waals surface area contributed by atoms with E-state index >= 15 is 0 Å². The molecule has 4 aromatic rings. The Morgan fingerprint density at radius 1 is 1.21 bits per heavy atom. The number of phenolic OH excluding ortho intramolecular Hbond substituents is 1. The average Bonchev–Trinajstić information content (AvgIpc) is 3.16. The first-order valence-corrected chi connectivity index (χ1v) is 10.7. The summed E-state index contributed by atoms with van der Waals surface area (Å²) in [6.07, 6.45) is 0.523. The molecule has 0 spiro atoms. The van der Waals surface area contributed by atoms with Gasteiger partial charge in [0.05, 0.1) is 5.02 Å². The summed E-state index contributed by atoms with van der Waals surface area (Å²) < 4.78 is 10.8. The van der Waals surface area contributed by atoms with Gasteiger partial charge in [0.25, 0.3) is 5.91 Å². The number of ether oxygens (including phenoxy) is 1. The summed E-state index contributed by atoms with van der Waals surface area (Å²) in [4.78, 5) is 39.2. The zero-order chi connectivity index (χ0) is 24.6. The molecule has 0 saturated carbocycles. The molecule has 176 valence electrons. The standard InChI is InChI=1S/C24H21ClN2O7/c1-11-5-22(29)34-20-9-21(17(25)8-15(11)20)33-12(2)23(30)27-19(24(31)32)6-13-10-26-18-4-3-14(28)7-16(13)18/h3-5,7-10,12,19,26,28H,6H2,1-2H3,(H,27,30)(H,31,32). The number of amides is 1. The average molecular weight is 485 g/mol. The number of phenols is 1. The Balaban J connectivity index is 1.51. The predicted octanol–water partition coefficient (Wildman–Crippen LogP) is 3.52. The van der Waals surface area contributed by atoms with Crippen molar-refractivity contribution in [2.45, 2.75) is 32.4 Å². The van der Waals surface area contributed by atoms with Gasteiger partial charge in [-0.15, -0.1) is 0 Å². The van der Waals surface area contributed by atoms with E-state index in [4.69, 9.17) is 20.8 Å². The lowest BCUT2D eigenvalue weighted by molar-refractivity contribution is -0.142. The Hall–Kier alpha value is -3.98. The third-order valence-corrected chi connectivity index (χ3v) is 5.76. The zero-order valence-corrected chi connectivity index (χ0v) is 19.0. The summed E-state index contributed by atoms with van der Waals surface area (Å²) in [5, 5.41) is 23.4. The number of aryl methyl sites for hydroxylation is 1. The number of rotatable bonds is 7. The van der Waals surface area contributed by atoms with E-state index in [1.165, 1.54) is 31.2 Å². The van der Waals surface area contributed by atoms with Crippen LogP contribution in [0, 0.1) is 6.92 Å². The van der Waals surface area contributed by atoms with Crippen molar-refractivity contribution in [3.05, 3.63) is 69.2 Å². The molecule has 34 heavy (non-hydrogen) atoms. The van der Waals surface area contributed by atoms with E-state index in [-0.39, 0.29) is 28.5 Å². The SMILES string of the molecule is Cc1cc(=O)oc2cc(OC(C)C(=O)NC(Cc3c[nH]c4ccc(O)cc34)C(=O)O)c(Cl)cc12. The van der Waals surface area contributed by atoms with E-state index in [0.29, 0.717) is 21.9 Å². The number of aliphatic carboxylic acids is 1. The maximum atomic E-state index is 12.7. The lowest BCUT2D eigenvalue weighted by Crippen LogP contribution is -2.47. The van der Waals surface area contributed by atoms with Crippen LogP contribution in [0.15, 0.2) is 51.8 Å². The monoisotopic (exact) mass is 484 g/mol. The van der Waals surface area contributed by atoms with Gasteiger partial charge in [0.2, 0.25) is 0 Å². The van der Waals surface area contributed by atoms with Crippen molar-refractivity contribution >= 4 is 45.3 Å². The number of carboxylic acid groups (broad SMARTS) is 1. The largest absolute Gasteiger partial charge is 0.508 e. The summed E-state index contributed by atoms with van der Waals surface area (Å²) in [6, 6.07) is 7.81. The third kappa shape index (κ3) is 4.69. The number of H-pyrrole nitrogens is 1. The fourth-order valence-corrected chi connectivity index (χ4v) is 3.91. The maximum Gasteiger partial charge on any atom is 0.336 e. The molecule has 10 heteroatoms. The molecular weight excluding hydrogens is 464 g/mol. The molecular formula is C24H21ClN2O7. The van der Waals surface area contributed by atoms with Crippen LogP contribution >= 0.6 is 11.6 Å². The number of aromatic hydroxyl groups is 1. The number of aromatic nitrogens is 1. The summed E-state index contributed by atoms with van der Waals surface area (Å²) >= 11 is 6.29. The molecule has 2 unspecified atom stereocenters. The van der Waals surface area contributed by atoms with E-state index in [9.17, 15) is 24.6 Å². The molecule has 4 N–H and O–H groups in total. The van der Waals surface area contributed by atoms with E-state index in [1.54, 1.807) is 25.3 Å². The van der Waals surface area contributed by atoms with Crippen molar-refractivity contribution in [2.24, 2.45) is 0 Å². The van der Waals surface area contributed by atoms with Gasteiger partial charge in [-0.1, -0.05) is 11.6 Å². The van der Waals surface area contributed by atoms with Gasteiger partial charge in [0.1, 0.15) is 23.1 Å². The van der Waals surface area contributed by atoms with Crippen LogP contribution in [0.5, 0.6) is 11.5 Å². The number of fused-ring (bicyclic) bond motifs is 2. The smallest absolute Gasteiger partial charge is 0.336 e. The Kier molecular flexibility index (Phi) is 6.21. The molecule has 0 aliphatic rings. The van der Waals surface area contributed by atoms with Gasteiger partial charge in [0.15, 0.2) is 6.10 Å². The summed E-state index contributed by atoms with van der Waals surface area (Å²) in [5.74, 6) is -1.73. The van der Waals surface area contributed by atoms with Crippen LogP contribution in [0.3, 0.4) is 0 Å². The Labute approximate surface area is 197 Å². The molecule has 2 aromatic carbocycles. The minimum Gasteiger partial charge on any atom is -0.508 e. The number of halogens is 1. The normalized spacial score (nSPS) is 13.0. The summed E-state index contributed by atoms with van der Waals surface area (Å²) in [7, 11) is 0. The number of hydrogen-bond donors (Lipinski definition) is 4. The molecule has 2 atom stereocenters. The summed E-state index contributed by atoms with van der Waals surface area (Å²) in [6.45, 7) is 3.19. The molecule has 0 aliphatic carbocycles. The van der Waals surface area contributed by atoms with Crippen LogP contribution in [-0.2, 0) is 16.0 Å². The van der Waals surface area contributed by atoms with Gasteiger partial charge in [-0.05, 0) is 49.2 Å². The molecule has 0 fully saturated rings. The highest BCUT2D eigenvalue weighted by molar-refractivity contribution is 6.32. The fraction of sp³-hybridized carbons (Fsp3) is 0.208. The first-order chi connectivity index (χ1) is 16.1. The highest BCUT2D eigenvalue weighted by Gasteiger charge is 2.26. The van der Waals surface area contributed by atoms with E-state index < -0.39 is 29.6 Å². The van der Waals surface area contributed by atoms with Gasteiger partial charge >= 0.3 is 11.6 Å². The van der Waals surface area contributed by atoms with Crippen molar-refractivity contribution in [1.82, 2.24) is 10.3 Å². The topological polar surface area (TPSA) is 142 Å². The van der Waals surface area contributed by atoms with E-state index in [1.807, 2.05) is 0 Å². The van der Waals surface area contributed by atoms with Crippen LogP contribution in [0.2, 0.25) is 5.02 Å². The van der Waals surface area contributed by atoms with Gasteiger partial charge in [-0.2, -0.15) is 0 Å². The molecule has 0 bridgehead atoms. The molecule has 4 rings (SSSR count). The second kappa shape index (κ2) is 9.11. The third-order valence-electron chi connectivity index (χ3n) is 5.47. The van der Waals surface area contributed by atoms with Crippen molar-refractivity contribution < 1.29 is 29.0 Å². The van der Waals surface area contributed by atoms with Crippen molar-refractivity contribution in [2.75, 3.05) is 0 Å². The number of carboxylic acids is 1. The number of nitrogens with one attached hydrogen (secondary N) is 2. The van der Waals surface area contributed by atoms with Gasteiger partial charge in [-0.3, -0.25) is 4.79 Å². The van der Waals surface area contributed by atoms with Gasteiger partial charge < -0.3 is 29.7 Å². The van der Waals surface area contributed by atoms with Gasteiger partial charge in [0, 0.05) is 41.0 Å². The van der Waals surface area contributed by atoms with Crippen LogP contribution in [0.25, 0.3) is 21.9 Å². The molecule has 1 amide bonds. The highest BCUT2D eigenvalue weighted by Crippen LogP contribution is 2.31. The van der Waals surface area contributed by atoms with Crippen LogP contribution in [-0.4, -0.2) is 39.2 Å². The maximum absolute atomic E-state index is 12.7. The van der Waals surface area contributed by atoms with Gasteiger partial charge in [-0.25, -0.2) is 9.59 Å². The number of aromatic amines is 1. The molecule has 0 saturated heterocycles. The van der Waals surface area contributed by atoms with E-state index in [0.717, 1.165) is 5.52 Å². The van der Waals surface area contributed by atoms with Crippen LogP contribution in [0.1, 0.15) is 18.1 Å². The molecule has 2 heterocycles. The summed E-state index contributed by atoms with van der Waals surface area (Å²) in [5.41, 5.74) is 1.75. The van der Waals surface area contributed by atoms with Crippen molar-refractivity contribution in [3.8, 4) is 11.5 Å². The first kappa shape index (κ1) is 23.2. The second-order valence-electron chi connectivity index (χ2n) is 7.93. The Bertz CT molecular complexity index is 1470. The number of hydrogen-bond acceptors (Lipinski definition) is 6. The van der Waals surface area contributed by atoms with Crippen molar-refractivity contribution in [3.63, 3.8) is 0 Å². The van der Waals surface area contributed by atoms with Crippen LogP contribution < -0.4 is 15.7 Å². The quantitative estimate of drug-likeness (QED) is 0.294. The predicted molar refractivity (Wildman–Crippen MR) is 126 cm³/mol. The Morgan fingerprint density at radius 3 is 2.71 bits per heavy atom. The fourth-order valence-electron chi connectivity index (χ4n) is 3.70. The second-order valence-corrected chi connectivity index (χ2v) is 8.34. The van der Waals surface area contributed by atoms with Crippen molar-refractivity contribution in [1.29, 1.82) is 0 Å². The van der Waals surface area contributed by atoms with Crippen LogP contribution in [0.4, 0.5) is 0 Å². The molecule has 0 aliphatic heterocycles. The number of carbonyl (C=O) groups is 2. The zero-order valence-electron chi connectivity index (χ0n) is 18.2.